The minimum absolute atomic E-state index is 0.00246. The summed E-state index contributed by atoms with van der Waals surface area (Å²) < 4.78 is 113. The summed E-state index contributed by atoms with van der Waals surface area (Å²) in [5.74, 6) is -5.87. The number of carbonyl (C=O) groups excluding carboxylic acids is 1. The molecule has 2 atom stereocenters. The molecule has 8 nitrogen and oxygen atoms in total. The predicted octanol–water partition coefficient (Wildman–Crippen LogP) is 4.59. The van der Waals surface area contributed by atoms with E-state index in [-0.39, 0.29) is 35.5 Å². The fourth-order valence-corrected chi connectivity index (χ4v) is 6.51. The third-order valence-corrected chi connectivity index (χ3v) is 9.53. The van der Waals surface area contributed by atoms with E-state index in [1.807, 2.05) is 0 Å². The van der Waals surface area contributed by atoms with Gasteiger partial charge >= 0.3 is 12.1 Å². The Kier molecular flexibility index (Phi) is 7.20. The van der Waals surface area contributed by atoms with Crippen LogP contribution in [-0.4, -0.2) is 58.6 Å². The van der Waals surface area contributed by atoms with Crippen molar-refractivity contribution < 1.29 is 39.6 Å². The molecular formula is C27H27F6N5O3S. The van der Waals surface area contributed by atoms with Gasteiger partial charge in [-0.3, -0.25) is 9.69 Å². The Morgan fingerprint density at radius 3 is 2.38 bits per heavy atom. The normalized spacial score (nSPS) is 19.8. The monoisotopic (exact) mass is 615 g/mol. The molecule has 0 saturated carbocycles. The molecule has 1 aromatic heterocycles. The number of aromatic nitrogens is 3. The summed E-state index contributed by atoms with van der Waals surface area (Å²) in [6.07, 6.45) is -2.35. The highest BCUT2D eigenvalue weighted by atomic mass is 32.2. The molecule has 0 bridgehead atoms. The molecule has 2 aromatic carbocycles. The molecular weight excluding hydrogens is 588 g/mol. The molecule has 0 aliphatic carbocycles. The first-order chi connectivity index (χ1) is 19.4. The molecule has 0 radical (unpaired) electrons. The number of anilines is 1. The van der Waals surface area contributed by atoms with Crippen molar-refractivity contribution >= 4 is 21.4 Å². The number of likely N-dealkylation sites (tertiary alicyclic amines) is 1. The van der Waals surface area contributed by atoms with Crippen LogP contribution in [0.3, 0.4) is 0 Å². The molecule has 1 amide bonds. The first-order valence-corrected chi connectivity index (χ1v) is 14.8. The van der Waals surface area contributed by atoms with Crippen LogP contribution in [0, 0.1) is 0 Å². The number of halogens is 6. The maximum Gasteiger partial charge on any atom is 0.416 e. The summed E-state index contributed by atoms with van der Waals surface area (Å²) in [6, 6.07) is 6.96. The van der Waals surface area contributed by atoms with E-state index in [1.165, 1.54) is 25.2 Å². The molecule has 42 heavy (non-hydrogen) atoms. The van der Waals surface area contributed by atoms with Gasteiger partial charge in [0.15, 0.2) is 9.84 Å². The smallest absolute Gasteiger partial charge is 0.316 e. The first kappa shape index (κ1) is 30.0. The number of aryl methyl sites for hydroxylation is 1. The van der Waals surface area contributed by atoms with Crippen LogP contribution in [-0.2, 0) is 47.7 Å². The second-order valence-electron chi connectivity index (χ2n) is 10.9. The van der Waals surface area contributed by atoms with Gasteiger partial charge < -0.3 is 9.47 Å². The molecule has 2 aliphatic heterocycles. The number of rotatable bonds is 7. The van der Waals surface area contributed by atoms with Crippen molar-refractivity contribution in [1.29, 1.82) is 0 Å². The maximum absolute atomic E-state index is 15.8. The Balaban J connectivity index is 1.47. The van der Waals surface area contributed by atoms with Crippen LogP contribution in [0.5, 0.6) is 0 Å². The number of hydrogen-bond acceptors (Lipinski definition) is 6. The van der Waals surface area contributed by atoms with Gasteiger partial charge in [0.2, 0.25) is 11.5 Å². The molecule has 3 heterocycles. The first-order valence-electron chi connectivity index (χ1n) is 12.9. The van der Waals surface area contributed by atoms with Crippen LogP contribution in [0.1, 0.15) is 51.8 Å². The molecule has 5 rings (SSSR count). The van der Waals surface area contributed by atoms with Gasteiger partial charge in [0.25, 0.3) is 5.91 Å². The van der Waals surface area contributed by atoms with E-state index in [9.17, 15) is 26.4 Å². The van der Waals surface area contributed by atoms with Crippen molar-refractivity contribution in [3.05, 3.63) is 76.4 Å². The van der Waals surface area contributed by atoms with E-state index in [2.05, 4.69) is 10.2 Å². The summed E-state index contributed by atoms with van der Waals surface area (Å²) in [7, 11) is -2.09. The number of alkyl halides is 6. The van der Waals surface area contributed by atoms with Gasteiger partial charge in [0.1, 0.15) is 6.33 Å². The van der Waals surface area contributed by atoms with Crippen LogP contribution >= 0.6 is 0 Å². The maximum atomic E-state index is 15.8. The summed E-state index contributed by atoms with van der Waals surface area (Å²) in [5, 5.41) is 6.09. The van der Waals surface area contributed by atoms with Crippen LogP contribution < -0.4 is 4.90 Å². The van der Waals surface area contributed by atoms with E-state index in [0.29, 0.717) is 19.9 Å². The van der Waals surface area contributed by atoms with Crippen molar-refractivity contribution in [3.8, 4) is 0 Å². The van der Waals surface area contributed by atoms with E-state index in [1.54, 1.807) is 4.90 Å². The minimum atomic E-state index is -4.81. The Hall–Kier alpha value is -3.46. The highest BCUT2D eigenvalue weighted by molar-refractivity contribution is 7.91. The molecule has 0 unspecified atom stereocenters. The van der Waals surface area contributed by atoms with E-state index in [0.717, 1.165) is 40.2 Å². The molecule has 15 heteroatoms. The molecule has 0 spiro atoms. The summed E-state index contributed by atoms with van der Waals surface area (Å²) in [6.45, 7) is 0.676. The van der Waals surface area contributed by atoms with E-state index < -0.39 is 62.3 Å². The predicted molar refractivity (Wildman–Crippen MR) is 140 cm³/mol. The van der Waals surface area contributed by atoms with E-state index in [4.69, 9.17) is 0 Å². The van der Waals surface area contributed by atoms with Gasteiger partial charge in [0.05, 0.1) is 17.4 Å². The lowest BCUT2D eigenvalue weighted by Gasteiger charge is -2.30. The highest BCUT2D eigenvalue weighted by Gasteiger charge is 2.57. The standard InChI is InChI=1S/C27H27F6N5O3S/c1-25(28,26(29,30)24-35-34-15-36(24)2)17-5-4-6-18(11-17)38-14-21-20(23(38)39)9-16(10-22(21)27(31,32)33)12-37-8-7-19(13-37)42(3,40)41/h4-6,9-11,15,19H,7-8,12-14H2,1-3H3/t19-,25-/m1/s1. The van der Waals surface area contributed by atoms with E-state index >= 15 is 13.2 Å². The van der Waals surface area contributed by atoms with Gasteiger partial charge in [-0.25, -0.2) is 12.8 Å². The number of nitrogens with zero attached hydrogens (tertiary/aromatic N) is 5. The van der Waals surface area contributed by atoms with Crippen LogP contribution in [0.2, 0.25) is 0 Å². The van der Waals surface area contributed by atoms with Gasteiger partial charge in [-0.15, -0.1) is 10.2 Å². The number of hydrogen-bond donors (Lipinski definition) is 0. The van der Waals surface area contributed by atoms with Crippen LogP contribution in [0.4, 0.5) is 32.0 Å². The lowest BCUT2D eigenvalue weighted by Crippen LogP contribution is -2.39. The Morgan fingerprint density at radius 2 is 1.79 bits per heavy atom. The topological polar surface area (TPSA) is 88.4 Å². The zero-order valence-corrected chi connectivity index (χ0v) is 23.6. The lowest BCUT2D eigenvalue weighted by atomic mass is 9.90. The van der Waals surface area contributed by atoms with Crippen molar-refractivity contribution in [2.45, 2.75) is 49.5 Å². The molecule has 1 saturated heterocycles. The lowest BCUT2D eigenvalue weighted by molar-refractivity contribution is -0.149. The third-order valence-electron chi connectivity index (χ3n) is 7.93. The SMILES string of the molecule is Cn1cnnc1C(F)(F)[C@](C)(F)c1cccc(N2Cc3c(cc(CN4CC[C@@H](S(C)(=O)=O)C4)cc3C(F)(F)F)C2=O)c1. The number of sulfone groups is 1. The quantitative estimate of drug-likeness (QED) is 0.362. The van der Waals surface area contributed by atoms with Gasteiger partial charge in [-0.2, -0.15) is 22.0 Å². The van der Waals surface area contributed by atoms with Crippen molar-refractivity contribution in [2.24, 2.45) is 7.05 Å². The second-order valence-corrected chi connectivity index (χ2v) is 13.3. The third kappa shape index (κ3) is 5.16. The molecule has 226 valence electrons. The van der Waals surface area contributed by atoms with Gasteiger partial charge in [0, 0.05) is 37.6 Å². The number of benzene rings is 2. The Labute approximate surface area is 237 Å². The average molecular weight is 616 g/mol. The fraction of sp³-hybridized carbons (Fsp3) is 0.444. The van der Waals surface area contributed by atoms with Crippen LogP contribution in [0.25, 0.3) is 0 Å². The largest absolute Gasteiger partial charge is 0.416 e. The Bertz CT molecular complexity index is 1650. The van der Waals surface area contributed by atoms with Crippen molar-refractivity contribution in [1.82, 2.24) is 19.7 Å². The molecule has 0 N–H and O–H groups in total. The second kappa shape index (κ2) is 10.1. The fourth-order valence-electron chi connectivity index (χ4n) is 5.49. The Morgan fingerprint density at radius 1 is 1.07 bits per heavy atom. The summed E-state index contributed by atoms with van der Waals surface area (Å²) in [5.41, 5.74) is -5.23. The molecule has 1 fully saturated rings. The zero-order chi connectivity index (χ0) is 30.8. The number of fused-ring (bicyclic) bond motifs is 1. The van der Waals surface area contributed by atoms with Gasteiger partial charge in [-0.1, -0.05) is 12.1 Å². The molecule has 3 aromatic rings. The average Bonchev–Trinajstić information content (AvgIpc) is 3.62. The van der Waals surface area contributed by atoms with Crippen molar-refractivity contribution in [2.75, 3.05) is 24.2 Å². The van der Waals surface area contributed by atoms with Crippen LogP contribution in [0.15, 0.2) is 42.7 Å². The zero-order valence-electron chi connectivity index (χ0n) is 22.8. The molecule has 2 aliphatic rings. The minimum Gasteiger partial charge on any atom is -0.316 e. The number of amides is 1. The van der Waals surface area contributed by atoms with Crippen molar-refractivity contribution in [3.63, 3.8) is 0 Å². The highest BCUT2D eigenvalue weighted by Crippen LogP contribution is 2.48. The number of carbonyl (C=O) groups is 1. The van der Waals surface area contributed by atoms with Gasteiger partial charge in [-0.05, 0) is 60.8 Å². The summed E-state index contributed by atoms with van der Waals surface area (Å²) in [4.78, 5) is 16.1. The summed E-state index contributed by atoms with van der Waals surface area (Å²) >= 11 is 0.